The Labute approximate surface area is 166 Å². The monoisotopic (exact) mass is 433 g/mol. The molecule has 0 aliphatic carbocycles. The minimum absolute atomic E-state index is 0.0185. The number of hydrogen-bond donors (Lipinski definition) is 1. The van der Waals surface area contributed by atoms with E-state index in [0.717, 1.165) is 10.2 Å². The van der Waals surface area contributed by atoms with E-state index in [1.807, 2.05) is 29.2 Å². The maximum atomic E-state index is 14.3. The molecule has 142 valence electrons. The van der Waals surface area contributed by atoms with Crippen LogP contribution in [0.2, 0.25) is 0 Å². The molecule has 1 aliphatic rings. The molecule has 1 heterocycles. The molecule has 1 amide bonds. The van der Waals surface area contributed by atoms with Crippen molar-refractivity contribution in [2.45, 2.75) is 6.92 Å². The van der Waals surface area contributed by atoms with E-state index < -0.39 is 5.82 Å². The topological polar surface area (TPSA) is 52.7 Å². The molecule has 1 aliphatic heterocycles. The van der Waals surface area contributed by atoms with Gasteiger partial charge in [0.1, 0.15) is 5.82 Å². The fourth-order valence-electron chi connectivity index (χ4n) is 3.04. The first-order valence-corrected chi connectivity index (χ1v) is 9.56. The van der Waals surface area contributed by atoms with Crippen LogP contribution in [0.1, 0.15) is 17.3 Å². The van der Waals surface area contributed by atoms with Gasteiger partial charge in [0.05, 0.1) is 12.2 Å². The Bertz CT molecular complexity index is 834. The van der Waals surface area contributed by atoms with Crippen LogP contribution in [0.3, 0.4) is 0 Å². The zero-order valence-corrected chi connectivity index (χ0v) is 16.6. The number of benzene rings is 2. The Hall–Kier alpha value is -2.41. The second kappa shape index (κ2) is 8.52. The van der Waals surface area contributed by atoms with Gasteiger partial charge in [0, 0.05) is 41.9 Å². The third-order valence-corrected chi connectivity index (χ3v) is 5.14. The van der Waals surface area contributed by atoms with E-state index in [0.29, 0.717) is 37.4 Å². The maximum Gasteiger partial charge on any atom is 0.241 e. The van der Waals surface area contributed by atoms with E-state index in [2.05, 4.69) is 21.2 Å². The summed E-state index contributed by atoms with van der Waals surface area (Å²) in [5, 5.41) is 3.12. The minimum Gasteiger partial charge on any atom is -0.376 e. The van der Waals surface area contributed by atoms with Gasteiger partial charge in [-0.25, -0.2) is 4.39 Å². The molecule has 5 nitrogen and oxygen atoms in total. The summed E-state index contributed by atoms with van der Waals surface area (Å²) in [4.78, 5) is 27.4. The summed E-state index contributed by atoms with van der Waals surface area (Å²) in [7, 11) is 0. The van der Waals surface area contributed by atoms with Crippen LogP contribution in [0.15, 0.2) is 46.9 Å². The van der Waals surface area contributed by atoms with Crippen molar-refractivity contribution in [3.63, 3.8) is 0 Å². The van der Waals surface area contributed by atoms with E-state index in [1.165, 1.54) is 13.0 Å². The molecule has 7 heteroatoms. The first-order valence-electron chi connectivity index (χ1n) is 8.76. The fraction of sp³-hybridized carbons (Fsp3) is 0.300. The molecule has 0 radical (unpaired) electrons. The smallest absolute Gasteiger partial charge is 0.241 e. The summed E-state index contributed by atoms with van der Waals surface area (Å²) < 4.78 is 15.3. The van der Waals surface area contributed by atoms with Gasteiger partial charge in [0.2, 0.25) is 5.91 Å². The van der Waals surface area contributed by atoms with Crippen molar-refractivity contribution < 1.29 is 14.0 Å². The minimum atomic E-state index is -0.403. The lowest BCUT2D eigenvalue weighted by atomic mass is 10.1. The number of ketones is 1. The Morgan fingerprint density at radius 3 is 2.33 bits per heavy atom. The molecule has 1 saturated heterocycles. The molecular formula is C20H21BrFN3O2. The summed E-state index contributed by atoms with van der Waals surface area (Å²) in [6.45, 7) is 3.83. The van der Waals surface area contributed by atoms with Crippen LogP contribution in [0.25, 0.3) is 0 Å². The molecule has 1 N–H and O–H groups in total. The average Bonchev–Trinajstić information content (AvgIpc) is 2.67. The highest BCUT2D eigenvalue weighted by molar-refractivity contribution is 9.10. The van der Waals surface area contributed by atoms with E-state index in [9.17, 15) is 14.0 Å². The molecule has 0 bridgehead atoms. The molecule has 0 spiro atoms. The Balaban J connectivity index is 1.53. The number of anilines is 2. The van der Waals surface area contributed by atoms with Gasteiger partial charge in [0.15, 0.2) is 5.78 Å². The third kappa shape index (κ3) is 4.86. The summed E-state index contributed by atoms with van der Waals surface area (Å²) in [5.41, 5.74) is 1.72. The fourth-order valence-corrected chi connectivity index (χ4v) is 3.30. The van der Waals surface area contributed by atoms with Crippen LogP contribution in [-0.2, 0) is 4.79 Å². The lowest BCUT2D eigenvalue weighted by Crippen LogP contribution is -2.50. The number of hydrogen-bond acceptors (Lipinski definition) is 4. The van der Waals surface area contributed by atoms with Gasteiger partial charge in [-0.15, -0.1) is 0 Å². The van der Waals surface area contributed by atoms with Crippen LogP contribution in [0.5, 0.6) is 0 Å². The number of carbonyl (C=O) groups excluding carboxylic acids is 2. The van der Waals surface area contributed by atoms with Crippen molar-refractivity contribution in [1.29, 1.82) is 0 Å². The highest BCUT2D eigenvalue weighted by atomic mass is 79.9. The van der Waals surface area contributed by atoms with E-state index in [1.54, 1.807) is 17.0 Å². The van der Waals surface area contributed by atoms with Crippen molar-refractivity contribution in [3.05, 3.63) is 58.3 Å². The molecular weight excluding hydrogens is 413 g/mol. The number of Topliss-reactive ketones (excluding diaryl/α,β-unsaturated/α-hetero) is 1. The van der Waals surface area contributed by atoms with Gasteiger partial charge in [-0.3, -0.25) is 9.59 Å². The summed E-state index contributed by atoms with van der Waals surface area (Å²) in [5.74, 6) is -0.543. The molecule has 0 unspecified atom stereocenters. The van der Waals surface area contributed by atoms with Gasteiger partial charge < -0.3 is 15.1 Å². The van der Waals surface area contributed by atoms with Crippen molar-refractivity contribution in [2.24, 2.45) is 0 Å². The van der Waals surface area contributed by atoms with Crippen molar-refractivity contribution in [2.75, 3.05) is 42.9 Å². The Morgan fingerprint density at radius 2 is 1.74 bits per heavy atom. The van der Waals surface area contributed by atoms with Crippen LogP contribution < -0.4 is 10.2 Å². The second-order valence-corrected chi connectivity index (χ2v) is 7.37. The van der Waals surface area contributed by atoms with Crippen LogP contribution in [0.4, 0.5) is 15.8 Å². The van der Waals surface area contributed by atoms with Gasteiger partial charge >= 0.3 is 0 Å². The van der Waals surface area contributed by atoms with Gasteiger partial charge in [0.25, 0.3) is 0 Å². The van der Waals surface area contributed by atoms with Crippen LogP contribution >= 0.6 is 15.9 Å². The summed E-state index contributed by atoms with van der Waals surface area (Å²) in [6, 6.07) is 12.2. The molecule has 0 aromatic heterocycles. The van der Waals surface area contributed by atoms with E-state index in [-0.39, 0.29) is 18.2 Å². The molecule has 3 rings (SSSR count). The van der Waals surface area contributed by atoms with Crippen LogP contribution in [0, 0.1) is 5.82 Å². The Kier molecular flexibility index (Phi) is 6.11. The molecule has 2 aromatic carbocycles. The number of nitrogens with zero attached hydrogens (tertiary/aromatic N) is 2. The number of rotatable bonds is 5. The zero-order chi connectivity index (χ0) is 19.4. The standard InChI is InChI=1S/C20H21BrFN3O2/c1-14(26)15-2-7-19(18(22)12-15)24-8-10-25(11-9-24)20(27)13-23-17-5-3-16(21)4-6-17/h2-7,12,23H,8-11,13H2,1H3. The normalized spacial score (nSPS) is 14.2. The second-order valence-electron chi connectivity index (χ2n) is 6.45. The highest BCUT2D eigenvalue weighted by Gasteiger charge is 2.23. The molecule has 1 fully saturated rings. The first-order chi connectivity index (χ1) is 12.9. The quantitative estimate of drug-likeness (QED) is 0.732. The number of amides is 1. The van der Waals surface area contributed by atoms with E-state index >= 15 is 0 Å². The van der Waals surface area contributed by atoms with Crippen molar-refractivity contribution >= 4 is 39.0 Å². The van der Waals surface area contributed by atoms with Crippen molar-refractivity contribution in [3.8, 4) is 0 Å². The highest BCUT2D eigenvalue weighted by Crippen LogP contribution is 2.22. The number of halogens is 2. The maximum absolute atomic E-state index is 14.3. The zero-order valence-electron chi connectivity index (χ0n) is 15.0. The Morgan fingerprint density at radius 1 is 1.07 bits per heavy atom. The lowest BCUT2D eigenvalue weighted by Gasteiger charge is -2.36. The SMILES string of the molecule is CC(=O)c1ccc(N2CCN(C(=O)CNc3ccc(Br)cc3)CC2)c(F)c1. The van der Waals surface area contributed by atoms with E-state index in [4.69, 9.17) is 0 Å². The van der Waals surface area contributed by atoms with Crippen molar-refractivity contribution in [1.82, 2.24) is 4.90 Å². The van der Waals surface area contributed by atoms with Gasteiger partial charge in [-0.1, -0.05) is 15.9 Å². The van der Waals surface area contributed by atoms with Crippen LogP contribution in [-0.4, -0.2) is 49.3 Å². The lowest BCUT2D eigenvalue weighted by molar-refractivity contribution is -0.129. The first kappa shape index (κ1) is 19.4. The predicted octanol–water partition coefficient (Wildman–Crippen LogP) is 3.55. The molecule has 27 heavy (non-hydrogen) atoms. The number of piperazine rings is 1. The average molecular weight is 434 g/mol. The van der Waals surface area contributed by atoms with Gasteiger partial charge in [-0.2, -0.15) is 0 Å². The predicted molar refractivity (Wildman–Crippen MR) is 108 cm³/mol. The number of nitrogens with one attached hydrogen (secondary N) is 1. The summed E-state index contributed by atoms with van der Waals surface area (Å²) >= 11 is 3.38. The largest absolute Gasteiger partial charge is 0.376 e. The van der Waals surface area contributed by atoms with Gasteiger partial charge in [-0.05, 0) is 49.4 Å². The number of carbonyl (C=O) groups is 2. The molecule has 2 aromatic rings. The third-order valence-electron chi connectivity index (χ3n) is 4.62. The molecule has 0 atom stereocenters. The molecule has 0 saturated carbocycles. The summed E-state index contributed by atoms with van der Waals surface area (Å²) in [6.07, 6.45) is 0.